The Labute approximate surface area is 155 Å². The zero-order valence-corrected chi connectivity index (χ0v) is 15.7. The minimum Gasteiger partial charge on any atom is -0.508 e. The topological polar surface area (TPSA) is 55.8 Å². The Hall–Kier alpha value is -2.53. The summed E-state index contributed by atoms with van der Waals surface area (Å²) in [6, 6.07) is 13.2. The molecule has 3 rings (SSSR count). The van der Waals surface area contributed by atoms with Gasteiger partial charge in [-0.1, -0.05) is 18.2 Å². The minimum absolute atomic E-state index is 0.0421. The number of nitrogens with zero attached hydrogens (tertiary/aromatic N) is 2. The van der Waals surface area contributed by atoms with Crippen LogP contribution in [0, 0.1) is 13.8 Å². The first-order valence-electron chi connectivity index (χ1n) is 9.11. The summed E-state index contributed by atoms with van der Waals surface area (Å²) in [4.78, 5) is 17.2. The molecule has 5 nitrogen and oxygen atoms in total. The van der Waals surface area contributed by atoms with Crippen LogP contribution in [0.1, 0.15) is 18.1 Å². The number of anilines is 2. The lowest BCUT2D eigenvalue weighted by atomic mass is 10.1. The first kappa shape index (κ1) is 18.3. The average molecular weight is 353 g/mol. The molecule has 1 aliphatic heterocycles. The monoisotopic (exact) mass is 353 g/mol. The molecule has 0 radical (unpaired) electrons. The van der Waals surface area contributed by atoms with Crippen LogP contribution in [0.15, 0.2) is 42.5 Å². The van der Waals surface area contributed by atoms with Gasteiger partial charge in [-0.05, 0) is 56.2 Å². The molecule has 2 N–H and O–H groups in total. The van der Waals surface area contributed by atoms with E-state index in [0.29, 0.717) is 0 Å². The second-order valence-electron chi connectivity index (χ2n) is 6.97. The molecule has 2 aromatic carbocycles. The normalized spacial score (nSPS) is 16.3. The lowest BCUT2D eigenvalue weighted by Crippen LogP contribution is -2.52. The highest BCUT2D eigenvalue weighted by Crippen LogP contribution is 2.22. The first-order chi connectivity index (χ1) is 12.5. The van der Waals surface area contributed by atoms with E-state index in [0.717, 1.165) is 48.7 Å². The number of hydrogen-bond donors (Lipinski definition) is 2. The SMILES string of the molecule is Cc1cccc(C)c1NC(=O)[C@@H](C)N1CCN(c2ccc(O)cc2)CC1. The van der Waals surface area contributed by atoms with E-state index < -0.39 is 0 Å². The molecule has 5 heteroatoms. The molecule has 1 saturated heterocycles. The summed E-state index contributed by atoms with van der Waals surface area (Å²) in [6.07, 6.45) is 0. The van der Waals surface area contributed by atoms with E-state index in [1.807, 2.05) is 51.1 Å². The number of nitrogens with one attached hydrogen (secondary N) is 1. The summed E-state index contributed by atoms with van der Waals surface area (Å²) in [7, 11) is 0. The van der Waals surface area contributed by atoms with Gasteiger partial charge in [-0.3, -0.25) is 9.69 Å². The summed E-state index contributed by atoms with van der Waals surface area (Å²) < 4.78 is 0. The predicted octanol–water partition coefficient (Wildman–Crippen LogP) is 3.16. The number of para-hydroxylation sites is 1. The van der Waals surface area contributed by atoms with E-state index in [-0.39, 0.29) is 17.7 Å². The van der Waals surface area contributed by atoms with Crippen LogP contribution in [0.2, 0.25) is 0 Å². The van der Waals surface area contributed by atoms with Crippen LogP contribution in [-0.4, -0.2) is 48.1 Å². The van der Waals surface area contributed by atoms with Gasteiger partial charge in [0, 0.05) is 37.6 Å². The van der Waals surface area contributed by atoms with Crippen LogP contribution in [0.25, 0.3) is 0 Å². The molecular formula is C21H27N3O2. The van der Waals surface area contributed by atoms with Gasteiger partial charge in [-0.2, -0.15) is 0 Å². The second kappa shape index (κ2) is 7.79. The molecule has 138 valence electrons. The van der Waals surface area contributed by atoms with Gasteiger partial charge in [-0.15, -0.1) is 0 Å². The smallest absolute Gasteiger partial charge is 0.241 e. The van der Waals surface area contributed by atoms with Crippen molar-refractivity contribution < 1.29 is 9.90 Å². The summed E-state index contributed by atoms with van der Waals surface area (Å²) in [5.74, 6) is 0.324. The van der Waals surface area contributed by atoms with Gasteiger partial charge in [0.15, 0.2) is 0 Å². The zero-order chi connectivity index (χ0) is 18.7. The number of carbonyl (C=O) groups is 1. The van der Waals surface area contributed by atoms with Crippen molar-refractivity contribution in [2.45, 2.75) is 26.8 Å². The fourth-order valence-corrected chi connectivity index (χ4v) is 3.44. The van der Waals surface area contributed by atoms with Crippen LogP contribution < -0.4 is 10.2 Å². The van der Waals surface area contributed by atoms with Crippen LogP contribution in [0.3, 0.4) is 0 Å². The van der Waals surface area contributed by atoms with Gasteiger partial charge >= 0.3 is 0 Å². The number of rotatable bonds is 4. The number of aryl methyl sites for hydroxylation is 2. The summed E-state index contributed by atoms with van der Waals surface area (Å²) in [5, 5.41) is 12.5. The molecule has 0 saturated carbocycles. The van der Waals surface area contributed by atoms with Gasteiger partial charge in [-0.25, -0.2) is 0 Å². The van der Waals surface area contributed by atoms with Crippen molar-refractivity contribution in [3.05, 3.63) is 53.6 Å². The number of benzene rings is 2. The molecule has 0 unspecified atom stereocenters. The van der Waals surface area contributed by atoms with Crippen molar-refractivity contribution in [3.8, 4) is 5.75 Å². The van der Waals surface area contributed by atoms with E-state index in [4.69, 9.17) is 0 Å². The Kier molecular flexibility index (Phi) is 5.47. The van der Waals surface area contributed by atoms with Crippen LogP contribution in [0.5, 0.6) is 5.75 Å². The van der Waals surface area contributed by atoms with Gasteiger partial charge in [0.05, 0.1) is 6.04 Å². The Balaban J connectivity index is 1.58. The maximum atomic E-state index is 12.7. The fourth-order valence-electron chi connectivity index (χ4n) is 3.44. The van der Waals surface area contributed by atoms with Crippen molar-refractivity contribution >= 4 is 17.3 Å². The van der Waals surface area contributed by atoms with Gasteiger partial charge in [0.1, 0.15) is 5.75 Å². The third kappa shape index (κ3) is 3.99. The average Bonchev–Trinajstić information content (AvgIpc) is 2.65. The number of aromatic hydroxyl groups is 1. The van der Waals surface area contributed by atoms with Crippen molar-refractivity contribution in [3.63, 3.8) is 0 Å². The van der Waals surface area contributed by atoms with Crippen LogP contribution in [0.4, 0.5) is 11.4 Å². The summed E-state index contributed by atoms with van der Waals surface area (Å²) in [5.41, 5.74) is 4.20. The Bertz CT molecular complexity index is 745. The standard InChI is InChI=1S/C21H27N3O2/c1-15-5-4-6-16(2)20(15)22-21(26)17(3)23-11-13-24(14-12-23)18-7-9-19(25)10-8-18/h4-10,17,25H,11-14H2,1-3H3,(H,22,26)/t17-/m1/s1. The molecule has 1 atom stereocenters. The van der Waals surface area contributed by atoms with Gasteiger partial charge in [0.25, 0.3) is 0 Å². The minimum atomic E-state index is -0.170. The quantitative estimate of drug-likeness (QED) is 0.887. The largest absolute Gasteiger partial charge is 0.508 e. The number of phenols is 1. The Morgan fingerprint density at radius 2 is 1.58 bits per heavy atom. The molecule has 0 bridgehead atoms. The first-order valence-corrected chi connectivity index (χ1v) is 9.11. The number of phenolic OH excluding ortho intramolecular Hbond substituents is 1. The van der Waals surface area contributed by atoms with Crippen molar-refractivity contribution in [2.24, 2.45) is 0 Å². The Morgan fingerprint density at radius 3 is 2.15 bits per heavy atom. The molecule has 1 fully saturated rings. The highest BCUT2D eigenvalue weighted by Gasteiger charge is 2.26. The van der Waals surface area contributed by atoms with E-state index in [1.54, 1.807) is 12.1 Å². The van der Waals surface area contributed by atoms with E-state index in [2.05, 4.69) is 15.1 Å². The predicted molar refractivity (Wildman–Crippen MR) is 106 cm³/mol. The number of carbonyl (C=O) groups excluding carboxylic acids is 1. The third-order valence-electron chi connectivity index (χ3n) is 5.19. The summed E-state index contributed by atoms with van der Waals surface area (Å²) in [6.45, 7) is 9.41. The van der Waals surface area contributed by atoms with Crippen molar-refractivity contribution in [2.75, 3.05) is 36.4 Å². The van der Waals surface area contributed by atoms with E-state index in [9.17, 15) is 9.90 Å². The maximum Gasteiger partial charge on any atom is 0.241 e. The molecule has 2 aromatic rings. The highest BCUT2D eigenvalue weighted by atomic mass is 16.3. The highest BCUT2D eigenvalue weighted by molar-refractivity contribution is 5.95. The number of piperazine rings is 1. The summed E-state index contributed by atoms with van der Waals surface area (Å²) >= 11 is 0. The lowest BCUT2D eigenvalue weighted by Gasteiger charge is -2.38. The van der Waals surface area contributed by atoms with Crippen LogP contribution in [-0.2, 0) is 4.79 Å². The molecule has 1 aliphatic rings. The molecule has 0 spiro atoms. The number of amides is 1. The van der Waals surface area contributed by atoms with Crippen molar-refractivity contribution in [1.82, 2.24) is 4.90 Å². The van der Waals surface area contributed by atoms with E-state index >= 15 is 0 Å². The van der Waals surface area contributed by atoms with E-state index in [1.165, 1.54) is 0 Å². The van der Waals surface area contributed by atoms with Gasteiger partial charge in [0.2, 0.25) is 5.91 Å². The molecule has 0 aromatic heterocycles. The maximum absolute atomic E-state index is 12.7. The molecule has 26 heavy (non-hydrogen) atoms. The fraction of sp³-hybridized carbons (Fsp3) is 0.381. The third-order valence-corrected chi connectivity index (χ3v) is 5.19. The van der Waals surface area contributed by atoms with Crippen molar-refractivity contribution in [1.29, 1.82) is 0 Å². The second-order valence-corrected chi connectivity index (χ2v) is 6.97. The van der Waals surface area contributed by atoms with Crippen LogP contribution >= 0.6 is 0 Å². The molecule has 1 heterocycles. The molecule has 1 amide bonds. The number of hydrogen-bond acceptors (Lipinski definition) is 4. The van der Waals surface area contributed by atoms with Gasteiger partial charge < -0.3 is 15.3 Å². The zero-order valence-electron chi connectivity index (χ0n) is 15.7. The molecular weight excluding hydrogens is 326 g/mol. The Morgan fingerprint density at radius 1 is 1.00 bits per heavy atom. The molecule has 0 aliphatic carbocycles. The lowest BCUT2D eigenvalue weighted by molar-refractivity contribution is -0.120.